The molecule has 1 aromatic rings. The number of hydrogen-bond donors (Lipinski definition) is 1. The van der Waals surface area contributed by atoms with E-state index in [-0.39, 0.29) is 23.2 Å². The molecule has 0 saturated heterocycles. The molecule has 24 heavy (non-hydrogen) atoms. The summed E-state index contributed by atoms with van der Waals surface area (Å²) in [6.45, 7) is 10.5. The van der Waals surface area contributed by atoms with Crippen molar-refractivity contribution in [3.63, 3.8) is 0 Å². The summed E-state index contributed by atoms with van der Waals surface area (Å²) < 4.78 is 4.73. The van der Waals surface area contributed by atoms with E-state index in [1.807, 2.05) is 6.92 Å². The Hall–Kier alpha value is -2.10. The van der Waals surface area contributed by atoms with Gasteiger partial charge in [0.05, 0.1) is 12.7 Å². The molecule has 1 aliphatic carbocycles. The second kappa shape index (κ2) is 7.20. The van der Waals surface area contributed by atoms with Gasteiger partial charge in [-0.25, -0.2) is 4.79 Å². The summed E-state index contributed by atoms with van der Waals surface area (Å²) in [5.41, 5.74) is 2.26. The maximum absolute atomic E-state index is 12.9. The van der Waals surface area contributed by atoms with E-state index in [9.17, 15) is 9.59 Å². The zero-order valence-electron chi connectivity index (χ0n) is 15.0. The summed E-state index contributed by atoms with van der Waals surface area (Å²) in [7, 11) is 1.34. The maximum Gasteiger partial charge on any atom is 0.337 e. The van der Waals surface area contributed by atoms with Crippen LogP contribution in [0.2, 0.25) is 0 Å². The minimum absolute atomic E-state index is 0.00205. The van der Waals surface area contributed by atoms with Gasteiger partial charge in [0.25, 0.3) is 0 Å². The number of esters is 1. The van der Waals surface area contributed by atoms with Crippen LogP contribution in [0.15, 0.2) is 36.4 Å². The average Bonchev–Trinajstić information content (AvgIpc) is 2.53. The highest BCUT2D eigenvalue weighted by molar-refractivity contribution is 5.95. The van der Waals surface area contributed by atoms with Gasteiger partial charge in [-0.2, -0.15) is 0 Å². The van der Waals surface area contributed by atoms with Gasteiger partial charge in [0.1, 0.15) is 0 Å². The summed E-state index contributed by atoms with van der Waals surface area (Å²) >= 11 is 0. The van der Waals surface area contributed by atoms with Gasteiger partial charge in [-0.05, 0) is 55.7 Å². The van der Waals surface area contributed by atoms with Crippen LogP contribution in [-0.2, 0) is 9.53 Å². The SMILES string of the molecule is C=C(C)C1CCC(C)(C)CC1C(=O)Nc1cccc(C(=O)OC)c1. The Bertz CT molecular complexity index is 648. The van der Waals surface area contributed by atoms with E-state index in [2.05, 4.69) is 25.7 Å². The Kier molecular flexibility index (Phi) is 5.47. The fraction of sp³-hybridized carbons (Fsp3) is 0.500. The van der Waals surface area contributed by atoms with Crippen molar-refractivity contribution < 1.29 is 14.3 Å². The molecule has 1 aliphatic rings. The molecule has 130 valence electrons. The Morgan fingerprint density at radius 1 is 1.29 bits per heavy atom. The lowest BCUT2D eigenvalue weighted by atomic mass is 9.65. The van der Waals surface area contributed by atoms with E-state index in [1.165, 1.54) is 7.11 Å². The molecule has 0 bridgehead atoms. The van der Waals surface area contributed by atoms with Crippen LogP contribution in [0.5, 0.6) is 0 Å². The predicted octanol–water partition coefficient (Wildman–Crippen LogP) is 4.43. The summed E-state index contributed by atoms with van der Waals surface area (Å²) in [6.07, 6.45) is 2.93. The van der Waals surface area contributed by atoms with E-state index in [4.69, 9.17) is 4.74 Å². The molecule has 1 amide bonds. The van der Waals surface area contributed by atoms with Crippen molar-refractivity contribution in [3.05, 3.63) is 42.0 Å². The molecule has 1 aromatic carbocycles. The first-order chi connectivity index (χ1) is 11.2. The molecule has 2 atom stereocenters. The van der Waals surface area contributed by atoms with Gasteiger partial charge < -0.3 is 10.1 Å². The first-order valence-corrected chi connectivity index (χ1v) is 8.38. The Morgan fingerprint density at radius 3 is 2.62 bits per heavy atom. The smallest absolute Gasteiger partial charge is 0.337 e. The molecule has 0 aromatic heterocycles. The minimum atomic E-state index is -0.412. The van der Waals surface area contributed by atoms with Crippen molar-refractivity contribution >= 4 is 17.6 Å². The van der Waals surface area contributed by atoms with E-state index in [1.54, 1.807) is 24.3 Å². The second-order valence-electron chi connectivity index (χ2n) is 7.53. The van der Waals surface area contributed by atoms with Crippen LogP contribution in [0, 0.1) is 17.3 Å². The van der Waals surface area contributed by atoms with Gasteiger partial charge >= 0.3 is 5.97 Å². The fourth-order valence-corrected chi connectivity index (χ4v) is 3.53. The van der Waals surface area contributed by atoms with E-state index >= 15 is 0 Å². The van der Waals surface area contributed by atoms with Crippen molar-refractivity contribution in [2.24, 2.45) is 17.3 Å². The summed E-state index contributed by atoms with van der Waals surface area (Å²) in [5.74, 6) is -0.294. The number of ether oxygens (including phenoxy) is 1. The third-order valence-corrected chi connectivity index (χ3v) is 4.91. The highest BCUT2D eigenvalue weighted by Gasteiger charge is 2.39. The number of methoxy groups -OCH3 is 1. The monoisotopic (exact) mass is 329 g/mol. The normalized spacial score (nSPS) is 22.5. The number of rotatable bonds is 4. The van der Waals surface area contributed by atoms with Crippen molar-refractivity contribution in [2.75, 3.05) is 12.4 Å². The highest BCUT2D eigenvalue weighted by Crippen LogP contribution is 2.44. The molecule has 1 fully saturated rings. The highest BCUT2D eigenvalue weighted by atomic mass is 16.5. The van der Waals surface area contributed by atoms with Gasteiger partial charge in [-0.3, -0.25) is 4.79 Å². The standard InChI is InChI=1S/C20H27NO3/c1-13(2)16-9-10-20(3,4)12-17(16)18(22)21-15-8-6-7-14(11-15)19(23)24-5/h6-8,11,16-17H,1,9-10,12H2,2-5H3,(H,21,22). The Labute approximate surface area is 144 Å². The summed E-state index contributed by atoms with van der Waals surface area (Å²) in [4.78, 5) is 24.5. The average molecular weight is 329 g/mol. The van der Waals surface area contributed by atoms with Crippen molar-refractivity contribution in [3.8, 4) is 0 Å². The molecular weight excluding hydrogens is 302 g/mol. The largest absolute Gasteiger partial charge is 0.465 e. The van der Waals surface area contributed by atoms with E-state index in [0.29, 0.717) is 11.3 Å². The molecule has 4 heteroatoms. The first kappa shape index (κ1) is 18.2. The Morgan fingerprint density at radius 2 is 2.00 bits per heavy atom. The van der Waals surface area contributed by atoms with Gasteiger partial charge in [0.2, 0.25) is 5.91 Å². The summed E-state index contributed by atoms with van der Waals surface area (Å²) in [5, 5.41) is 2.97. The number of hydrogen-bond acceptors (Lipinski definition) is 3. The number of carbonyl (C=O) groups excluding carboxylic acids is 2. The van der Waals surface area contributed by atoms with Crippen molar-refractivity contribution in [1.29, 1.82) is 0 Å². The third-order valence-electron chi connectivity index (χ3n) is 4.91. The van der Waals surface area contributed by atoms with Crippen LogP contribution in [0.25, 0.3) is 0 Å². The van der Waals surface area contributed by atoms with Crippen molar-refractivity contribution in [1.82, 2.24) is 0 Å². The predicted molar refractivity (Wildman–Crippen MR) is 95.8 cm³/mol. The van der Waals surface area contributed by atoms with Crippen LogP contribution in [0.1, 0.15) is 50.4 Å². The molecule has 0 spiro atoms. The minimum Gasteiger partial charge on any atom is -0.465 e. The maximum atomic E-state index is 12.9. The first-order valence-electron chi connectivity index (χ1n) is 8.38. The van der Waals surface area contributed by atoms with E-state index in [0.717, 1.165) is 24.8 Å². The molecule has 0 aliphatic heterocycles. The van der Waals surface area contributed by atoms with Crippen LogP contribution in [-0.4, -0.2) is 19.0 Å². The number of benzene rings is 1. The molecule has 0 radical (unpaired) electrons. The molecule has 2 rings (SSSR count). The number of anilines is 1. The molecule has 0 heterocycles. The second-order valence-corrected chi connectivity index (χ2v) is 7.53. The quantitative estimate of drug-likeness (QED) is 0.657. The van der Waals surface area contributed by atoms with Crippen LogP contribution >= 0.6 is 0 Å². The lowest BCUT2D eigenvalue weighted by Crippen LogP contribution is -2.38. The topological polar surface area (TPSA) is 55.4 Å². The number of carbonyl (C=O) groups is 2. The molecule has 1 N–H and O–H groups in total. The third kappa shape index (κ3) is 4.25. The van der Waals surface area contributed by atoms with Crippen LogP contribution in [0.3, 0.4) is 0 Å². The van der Waals surface area contributed by atoms with Gasteiger partial charge in [0.15, 0.2) is 0 Å². The van der Waals surface area contributed by atoms with Gasteiger partial charge in [-0.15, -0.1) is 0 Å². The zero-order chi connectivity index (χ0) is 17.9. The van der Waals surface area contributed by atoms with Crippen molar-refractivity contribution in [2.45, 2.75) is 40.0 Å². The van der Waals surface area contributed by atoms with Crippen LogP contribution < -0.4 is 5.32 Å². The molecular formula is C20H27NO3. The lowest BCUT2D eigenvalue weighted by molar-refractivity contribution is -0.123. The number of allylic oxidation sites excluding steroid dienone is 1. The zero-order valence-corrected chi connectivity index (χ0v) is 15.0. The van der Waals surface area contributed by atoms with Gasteiger partial charge in [-0.1, -0.05) is 32.1 Å². The molecule has 2 unspecified atom stereocenters. The van der Waals surface area contributed by atoms with E-state index < -0.39 is 5.97 Å². The van der Waals surface area contributed by atoms with Crippen LogP contribution in [0.4, 0.5) is 5.69 Å². The molecule has 4 nitrogen and oxygen atoms in total. The number of nitrogens with one attached hydrogen (secondary N) is 1. The van der Waals surface area contributed by atoms with Gasteiger partial charge in [0, 0.05) is 11.6 Å². The lowest BCUT2D eigenvalue weighted by Gasteiger charge is -2.40. The fourth-order valence-electron chi connectivity index (χ4n) is 3.53. The Balaban J connectivity index is 2.17. The number of amides is 1. The molecule has 1 saturated carbocycles. The summed E-state index contributed by atoms with van der Waals surface area (Å²) in [6, 6.07) is 6.84.